The number of nitrogens with zero attached hydrogens (tertiary/aromatic N) is 3. The van der Waals surface area contributed by atoms with E-state index < -0.39 is 30.5 Å². The Morgan fingerprint density at radius 2 is 0.724 bits per heavy atom. The number of benzene rings is 14. The first-order valence-corrected chi connectivity index (χ1v) is 43.1. The van der Waals surface area contributed by atoms with Crippen LogP contribution < -0.4 is 43.1 Å². The van der Waals surface area contributed by atoms with Crippen LogP contribution in [-0.2, 0) is 55.6 Å². The van der Waals surface area contributed by atoms with Gasteiger partial charge in [0.05, 0.1) is 14.2 Å². The number of carbonyl (C=O) groups is 4. The second-order valence-electron chi connectivity index (χ2n) is 32.7. The van der Waals surface area contributed by atoms with E-state index in [0.29, 0.717) is 35.8 Å². The van der Waals surface area contributed by atoms with E-state index in [1.54, 1.807) is 56.7 Å². The van der Waals surface area contributed by atoms with Crippen LogP contribution in [0.3, 0.4) is 0 Å². The Balaban J connectivity index is 0.000000286. The third kappa shape index (κ3) is 23.0. The summed E-state index contributed by atoms with van der Waals surface area (Å²) in [7, 11) is 3.39. The highest BCUT2D eigenvalue weighted by molar-refractivity contribution is 5.82. The third-order valence-electron chi connectivity index (χ3n) is 23.3. The quantitative estimate of drug-likeness (QED) is 0.0144. The lowest BCUT2D eigenvalue weighted by Gasteiger charge is -2.39. The highest BCUT2D eigenvalue weighted by Crippen LogP contribution is 2.48. The molecule has 15 rings (SSSR count). The van der Waals surface area contributed by atoms with Gasteiger partial charge in [0.2, 0.25) is 6.79 Å². The number of hydrogen-bond acceptors (Lipinski definition) is 15. The summed E-state index contributed by atoms with van der Waals surface area (Å²) >= 11 is 0. The Morgan fingerprint density at radius 3 is 1.17 bits per heavy atom. The molecule has 0 aliphatic heterocycles. The Bertz CT molecular complexity index is 5980. The number of ether oxygens (including phenoxy) is 8. The van der Waals surface area contributed by atoms with Crippen molar-refractivity contribution < 1.29 is 57.1 Å². The fourth-order valence-electron chi connectivity index (χ4n) is 16.3. The van der Waals surface area contributed by atoms with Crippen molar-refractivity contribution in [1.82, 2.24) is 0 Å². The standard InChI is InChI=1S/C81H80N2O6.C31H27NO6/c1-56-12-34-69(35-13-56)82(70-36-14-57(2)15-37-70)73-42-22-61(23-43-73)20-26-63-54-67(32-50-77(63)86-8)81(52-10-9-11-53-81)68-33-51-78(89-79(85)88-76-48-30-66(31-49-76)80(6,7)65-28-46-75(47-29-65)87-60(5)84)64(55-68)27-21-62-24-44-74(45-25-62)83(71-38-16-58(3)17-39-71)72-40-18-59(4)19-41-72;1-23(33)36-22-37-31(34)38-30-13-7-11-28(21-30)32(27-10-6-12-29(20-27)35-2)26-18-16-25(17-19-26)15-14-24-8-4-3-5-9-24/h12-19,22-25,28-51,54-55H,9-11,20-21,26-27,52-53H2,1-8H3;3-21H,22H2,1-2H3. The van der Waals surface area contributed by atoms with Crippen LogP contribution in [0, 0.1) is 27.7 Å². The van der Waals surface area contributed by atoms with Crippen molar-refractivity contribution in [2.45, 2.75) is 124 Å². The second-order valence-corrected chi connectivity index (χ2v) is 32.7. The lowest BCUT2D eigenvalue weighted by molar-refractivity contribution is -0.149. The largest absolute Gasteiger partial charge is 0.519 e. The van der Waals surface area contributed by atoms with E-state index in [2.05, 4.69) is 256 Å². The van der Waals surface area contributed by atoms with E-state index in [1.807, 2.05) is 108 Å². The molecule has 14 aromatic carbocycles. The maximum Gasteiger partial charge on any atom is 0.519 e. The molecule has 0 spiro atoms. The predicted octanol–water partition coefficient (Wildman–Crippen LogP) is 27.9. The van der Waals surface area contributed by atoms with Gasteiger partial charge in [0.1, 0.15) is 34.5 Å². The van der Waals surface area contributed by atoms with Crippen molar-refractivity contribution >= 4 is 87.6 Å². The molecule has 1 fully saturated rings. The average Bonchev–Trinajstić information content (AvgIpc) is 0.755. The minimum atomic E-state index is -0.981. The molecule has 0 radical (unpaired) electrons. The number of carbonyl (C=O) groups excluding carboxylic acids is 4. The summed E-state index contributed by atoms with van der Waals surface area (Å²) in [6, 6.07) is 114. The fraction of sp³-hybridized carbons (Fsp3) is 0.196. The molecule has 0 aromatic heterocycles. The van der Waals surface area contributed by atoms with Gasteiger partial charge in [-0.1, -0.05) is 243 Å². The molecule has 0 saturated heterocycles. The van der Waals surface area contributed by atoms with Gasteiger partial charge < -0.3 is 52.6 Å². The molecule has 15 heteroatoms. The molecule has 0 amide bonds. The molecular weight excluding hydrogens is 1580 g/mol. The van der Waals surface area contributed by atoms with Gasteiger partial charge in [-0.15, -0.1) is 0 Å². The lowest BCUT2D eigenvalue weighted by atomic mass is 9.64. The third-order valence-corrected chi connectivity index (χ3v) is 23.3. The summed E-state index contributed by atoms with van der Waals surface area (Å²) in [6.45, 7) is 14.8. The molecule has 14 aromatic rings. The van der Waals surface area contributed by atoms with Crippen LogP contribution in [0.1, 0.15) is 138 Å². The summed E-state index contributed by atoms with van der Waals surface area (Å²) < 4.78 is 43.7. The molecular formula is C112H107N3O12. The number of aryl methyl sites for hydroxylation is 8. The van der Waals surface area contributed by atoms with Gasteiger partial charge in [-0.2, -0.15) is 0 Å². The highest BCUT2D eigenvalue weighted by atomic mass is 16.8. The van der Waals surface area contributed by atoms with Crippen molar-refractivity contribution in [3.8, 4) is 34.5 Å². The first kappa shape index (κ1) is 88.6. The maximum absolute atomic E-state index is 14.0. The maximum atomic E-state index is 14.0. The molecule has 0 atom stereocenters. The number of rotatable bonds is 29. The summed E-state index contributed by atoms with van der Waals surface area (Å²) in [6.07, 6.45) is 10.7. The summed E-state index contributed by atoms with van der Waals surface area (Å²) in [5.74, 6) is 2.29. The van der Waals surface area contributed by atoms with Crippen LogP contribution in [0.25, 0.3) is 12.2 Å². The zero-order chi connectivity index (χ0) is 88.8. The SMILES string of the molecule is COc1ccc(C2(c3ccc(OC(=O)Oc4ccc(C(C)(C)c5ccc(OC(C)=O)cc5)cc4)c(CCc4ccc(N(c5ccc(C)cc5)c5ccc(C)cc5)cc4)c3)CCCCC2)cc1CCc1ccc(N(c2ccc(C)cc2)c2ccc(C)cc2)cc1.COc1cccc(N(c2ccc(C=Cc3ccccc3)cc2)c2cccc(OC(=O)OCOC(C)=O)c2)c1. The smallest absolute Gasteiger partial charge is 0.497 e. The zero-order valence-electron chi connectivity index (χ0n) is 73.7. The van der Waals surface area contributed by atoms with E-state index in [-0.39, 0.29) is 17.1 Å². The van der Waals surface area contributed by atoms with Gasteiger partial charge in [0.25, 0.3) is 0 Å². The minimum Gasteiger partial charge on any atom is -0.497 e. The molecule has 642 valence electrons. The van der Waals surface area contributed by atoms with Crippen molar-refractivity contribution in [2.75, 3.05) is 35.7 Å². The van der Waals surface area contributed by atoms with Crippen molar-refractivity contribution in [1.29, 1.82) is 0 Å². The van der Waals surface area contributed by atoms with E-state index in [0.717, 1.165) is 123 Å². The molecule has 1 aliphatic carbocycles. The van der Waals surface area contributed by atoms with E-state index in [1.165, 1.54) is 70.3 Å². The van der Waals surface area contributed by atoms with Crippen molar-refractivity contribution in [2.24, 2.45) is 0 Å². The van der Waals surface area contributed by atoms with Gasteiger partial charge in [0.15, 0.2) is 0 Å². The highest BCUT2D eigenvalue weighted by Gasteiger charge is 2.37. The summed E-state index contributed by atoms with van der Waals surface area (Å²) in [5, 5.41) is 0. The Morgan fingerprint density at radius 1 is 0.331 bits per heavy atom. The molecule has 1 aliphatic rings. The van der Waals surface area contributed by atoms with Gasteiger partial charge >= 0.3 is 24.2 Å². The normalized spacial score (nSPS) is 12.2. The lowest BCUT2D eigenvalue weighted by Crippen LogP contribution is -2.31. The van der Waals surface area contributed by atoms with Gasteiger partial charge in [-0.05, 0) is 267 Å². The van der Waals surface area contributed by atoms with Crippen LogP contribution in [0.4, 0.5) is 60.8 Å². The molecule has 0 unspecified atom stereocenters. The first-order valence-electron chi connectivity index (χ1n) is 43.1. The van der Waals surface area contributed by atoms with Gasteiger partial charge in [-0.25, -0.2) is 9.59 Å². The Labute approximate surface area is 746 Å². The van der Waals surface area contributed by atoms with E-state index in [9.17, 15) is 19.2 Å². The number of esters is 2. The fourth-order valence-corrected chi connectivity index (χ4v) is 16.3. The molecule has 15 nitrogen and oxygen atoms in total. The van der Waals surface area contributed by atoms with Crippen LogP contribution in [-0.4, -0.2) is 45.3 Å². The topological polar surface area (TPSA) is 152 Å². The molecule has 127 heavy (non-hydrogen) atoms. The van der Waals surface area contributed by atoms with Gasteiger partial charge in [-0.3, -0.25) is 9.59 Å². The first-order chi connectivity index (χ1) is 61.6. The molecule has 0 heterocycles. The number of methoxy groups -OCH3 is 2. The number of anilines is 9. The van der Waals surface area contributed by atoms with E-state index >= 15 is 0 Å². The Kier molecular flexibility index (Phi) is 29.1. The average molecular weight is 1690 g/mol. The zero-order valence-corrected chi connectivity index (χ0v) is 73.7. The van der Waals surface area contributed by atoms with Crippen molar-refractivity contribution in [3.63, 3.8) is 0 Å². The van der Waals surface area contributed by atoms with E-state index in [4.69, 9.17) is 33.2 Å². The van der Waals surface area contributed by atoms with Crippen LogP contribution in [0.2, 0.25) is 0 Å². The monoisotopic (exact) mass is 1690 g/mol. The summed E-state index contributed by atoms with van der Waals surface area (Å²) in [4.78, 5) is 55.1. The van der Waals surface area contributed by atoms with Crippen LogP contribution >= 0.6 is 0 Å². The molecule has 0 N–H and O–H groups in total. The van der Waals surface area contributed by atoms with Crippen LogP contribution in [0.15, 0.2) is 334 Å². The number of hydrogen-bond donors (Lipinski definition) is 0. The Hall–Kier alpha value is -14.7. The molecule has 1 saturated carbocycles. The minimum absolute atomic E-state index is 0.269. The second kappa shape index (κ2) is 41.7. The van der Waals surface area contributed by atoms with Gasteiger partial charge in [0, 0.05) is 88.0 Å². The molecule has 0 bridgehead atoms. The summed E-state index contributed by atoms with van der Waals surface area (Å²) in [5.41, 5.74) is 24.6. The van der Waals surface area contributed by atoms with Crippen molar-refractivity contribution in [3.05, 3.63) is 412 Å². The predicted molar refractivity (Wildman–Crippen MR) is 509 cm³/mol. The van der Waals surface area contributed by atoms with Crippen LogP contribution in [0.5, 0.6) is 34.5 Å².